The predicted molar refractivity (Wildman–Crippen MR) is 64.0 cm³/mol. The van der Waals surface area contributed by atoms with E-state index in [1.807, 2.05) is 41.5 Å². The third-order valence-corrected chi connectivity index (χ3v) is 3.19. The number of likely N-dealkylation sites (tertiary alicyclic amines) is 1. The molecule has 0 aromatic rings. The molecule has 1 unspecified atom stereocenters. The molecule has 1 amide bonds. The minimum atomic E-state index is -0.267. The maximum atomic E-state index is 12.3. The van der Waals surface area contributed by atoms with Crippen LogP contribution in [0.5, 0.6) is 0 Å². The van der Waals surface area contributed by atoms with Crippen LogP contribution in [-0.2, 0) is 9.59 Å². The molecule has 0 aromatic heterocycles. The Kier molecular flexibility index (Phi) is 3.19. The Bertz CT molecular complexity index is 279. The zero-order valence-electron chi connectivity index (χ0n) is 11.3. The summed E-state index contributed by atoms with van der Waals surface area (Å²) >= 11 is 0. The topological polar surface area (TPSA) is 37.4 Å². The molecule has 0 N–H and O–H groups in total. The lowest BCUT2D eigenvalue weighted by Gasteiger charge is -2.44. The molecule has 0 spiro atoms. The summed E-state index contributed by atoms with van der Waals surface area (Å²) in [6.07, 6.45) is 0.398. The highest BCUT2D eigenvalue weighted by Crippen LogP contribution is 2.35. The molecule has 0 aliphatic carbocycles. The molecule has 1 aliphatic rings. The van der Waals surface area contributed by atoms with Crippen molar-refractivity contribution in [2.75, 3.05) is 6.54 Å². The molecular weight excluding hydrogens is 202 g/mol. The van der Waals surface area contributed by atoms with E-state index >= 15 is 0 Å². The highest BCUT2D eigenvalue weighted by Gasteiger charge is 2.43. The van der Waals surface area contributed by atoms with E-state index in [2.05, 4.69) is 0 Å². The van der Waals surface area contributed by atoms with Crippen LogP contribution in [0.25, 0.3) is 0 Å². The molecule has 0 bridgehead atoms. The van der Waals surface area contributed by atoms with Crippen LogP contribution in [0, 0.1) is 11.3 Å². The molecule has 0 radical (unpaired) electrons. The van der Waals surface area contributed by atoms with Crippen LogP contribution in [0.15, 0.2) is 0 Å². The third-order valence-electron chi connectivity index (χ3n) is 3.19. The van der Waals surface area contributed by atoms with Gasteiger partial charge in [-0.05, 0) is 26.2 Å². The first-order valence-electron chi connectivity index (χ1n) is 5.86. The Morgan fingerprint density at radius 1 is 1.06 bits per heavy atom. The molecule has 1 saturated heterocycles. The average molecular weight is 225 g/mol. The van der Waals surface area contributed by atoms with Crippen LogP contribution in [0.4, 0.5) is 0 Å². The number of piperidine rings is 1. The first-order chi connectivity index (χ1) is 7.03. The smallest absolute Gasteiger partial charge is 0.227 e. The zero-order chi connectivity index (χ0) is 12.7. The number of hydrogen-bond donors (Lipinski definition) is 0. The van der Waals surface area contributed by atoms with Gasteiger partial charge in [-0.25, -0.2) is 0 Å². The summed E-state index contributed by atoms with van der Waals surface area (Å²) in [5.74, 6) is 0.127. The van der Waals surface area contributed by atoms with Gasteiger partial charge in [-0.2, -0.15) is 0 Å². The normalized spacial score (nSPS) is 23.9. The SMILES string of the molecule is CC(C)(C)C1CC(=O)CN(C(C)(C)C)C1=O. The average Bonchev–Trinajstić information content (AvgIpc) is 2.04. The quantitative estimate of drug-likeness (QED) is 0.634. The third kappa shape index (κ3) is 2.63. The van der Waals surface area contributed by atoms with Gasteiger partial charge in [0.15, 0.2) is 5.78 Å². The van der Waals surface area contributed by atoms with E-state index in [1.54, 1.807) is 4.90 Å². The minimum Gasteiger partial charge on any atom is -0.330 e. The molecule has 0 saturated carbocycles. The van der Waals surface area contributed by atoms with Crippen molar-refractivity contribution in [2.24, 2.45) is 11.3 Å². The second-order valence-electron chi connectivity index (χ2n) is 6.76. The Morgan fingerprint density at radius 2 is 1.56 bits per heavy atom. The summed E-state index contributed by atoms with van der Waals surface area (Å²) < 4.78 is 0. The van der Waals surface area contributed by atoms with Crippen LogP contribution in [0.2, 0.25) is 0 Å². The highest BCUT2D eigenvalue weighted by molar-refractivity contribution is 5.95. The summed E-state index contributed by atoms with van der Waals surface area (Å²) in [6.45, 7) is 12.3. The summed E-state index contributed by atoms with van der Waals surface area (Å²) in [4.78, 5) is 25.8. The van der Waals surface area contributed by atoms with Gasteiger partial charge >= 0.3 is 0 Å². The number of rotatable bonds is 0. The monoisotopic (exact) mass is 225 g/mol. The lowest BCUT2D eigenvalue weighted by Crippen LogP contribution is -2.56. The van der Waals surface area contributed by atoms with Crippen molar-refractivity contribution < 1.29 is 9.59 Å². The van der Waals surface area contributed by atoms with Crippen molar-refractivity contribution in [2.45, 2.75) is 53.5 Å². The number of Topliss-reactive ketones (excluding diaryl/α,β-unsaturated/α-hetero) is 1. The van der Waals surface area contributed by atoms with E-state index < -0.39 is 0 Å². The van der Waals surface area contributed by atoms with E-state index in [0.29, 0.717) is 6.42 Å². The van der Waals surface area contributed by atoms with Gasteiger partial charge in [0, 0.05) is 17.9 Å². The summed E-state index contributed by atoms with van der Waals surface area (Å²) in [5, 5.41) is 0. The number of amides is 1. The lowest BCUT2D eigenvalue weighted by atomic mass is 9.74. The molecule has 1 aliphatic heterocycles. The first-order valence-corrected chi connectivity index (χ1v) is 5.86. The molecule has 1 heterocycles. The van der Waals surface area contributed by atoms with Crippen LogP contribution in [0.3, 0.4) is 0 Å². The van der Waals surface area contributed by atoms with E-state index in [0.717, 1.165) is 0 Å². The van der Waals surface area contributed by atoms with Crippen LogP contribution >= 0.6 is 0 Å². The predicted octanol–water partition coefficient (Wildman–Crippen LogP) is 2.25. The number of carbonyl (C=O) groups is 2. The van der Waals surface area contributed by atoms with E-state index in [4.69, 9.17) is 0 Å². The Hall–Kier alpha value is -0.860. The summed E-state index contributed by atoms with van der Waals surface area (Å²) in [5.41, 5.74) is -0.409. The molecule has 1 rings (SSSR count). The van der Waals surface area contributed by atoms with Crippen molar-refractivity contribution in [3.8, 4) is 0 Å². The van der Waals surface area contributed by atoms with Gasteiger partial charge in [-0.1, -0.05) is 20.8 Å². The van der Waals surface area contributed by atoms with Gasteiger partial charge in [0.1, 0.15) is 0 Å². The van der Waals surface area contributed by atoms with Gasteiger partial charge in [-0.3, -0.25) is 9.59 Å². The molecule has 92 valence electrons. The van der Waals surface area contributed by atoms with Crippen molar-refractivity contribution in [1.82, 2.24) is 4.90 Å². The van der Waals surface area contributed by atoms with E-state index in [9.17, 15) is 9.59 Å². The van der Waals surface area contributed by atoms with Crippen molar-refractivity contribution in [1.29, 1.82) is 0 Å². The molecule has 1 fully saturated rings. The fourth-order valence-corrected chi connectivity index (χ4v) is 2.07. The Balaban J connectivity index is 3.00. The fourth-order valence-electron chi connectivity index (χ4n) is 2.07. The largest absolute Gasteiger partial charge is 0.330 e. The number of carbonyl (C=O) groups excluding carboxylic acids is 2. The van der Waals surface area contributed by atoms with Crippen LogP contribution in [-0.4, -0.2) is 28.7 Å². The number of ketones is 1. The van der Waals surface area contributed by atoms with Crippen LogP contribution < -0.4 is 0 Å². The number of nitrogens with zero attached hydrogens (tertiary/aromatic N) is 1. The summed E-state index contributed by atoms with van der Waals surface area (Å²) in [6, 6.07) is 0. The maximum absolute atomic E-state index is 12.3. The minimum absolute atomic E-state index is 0.125. The van der Waals surface area contributed by atoms with Gasteiger partial charge < -0.3 is 4.90 Å². The molecule has 3 nitrogen and oxygen atoms in total. The molecular formula is C13H23NO2. The van der Waals surface area contributed by atoms with E-state index in [-0.39, 0.29) is 35.1 Å². The van der Waals surface area contributed by atoms with Crippen molar-refractivity contribution in [3.05, 3.63) is 0 Å². The number of hydrogen-bond acceptors (Lipinski definition) is 2. The van der Waals surface area contributed by atoms with Gasteiger partial charge in [0.2, 0.25) is 5.91 Å². The van der Waals surface area contributed by atoms with Gasteiger partial charge in [-0.15, -0.1) is 0 Å². The Labute approximate surface area is 98.2 Å². The van der Waals surface area contributed by atoms with Crippen molar-refractivity contribution in [3.63, 3.8) is 0 Å². The van der Waals surface area contributed by atoms with Crippen molar-refractivity contribution >= 4 is 11.7 Å². The van der Waals surface area contributed by atoms with E-state index in [1.165, 1.54) is 0 Å². The second kappa shape index (κ2) is 3.86. The fraction of sp³-hybridized carbons (Fsp3) is 0.846. The van der Waals surface area contributed by atoms with Gasteiger partial charge in [0.05, 0.1) is 6.54 Å². The standard InChI is InChI=1S/C13H23NO2/c1-12(2,3)10-7-9(15)8-14(11(10)16)13(4,5)6/h10H,7-8H2,1-6H3. The first kappa shape index (κ1) is 13.2. The molecule has 0 aromatic carbocycles. The highest BCUT2D eigenvalue weighted by atomic mass is 16.2. The van der Waals surface area contributed by atoms with Gasteiger partial charge in [0.25, 0.3) is 0 Å². The molecule has 1 atom stereocenters. The summed E-state index contributed by atoms with van der Waals surface area (Å²) in [7, 11) is 0. The lowest BCUT2D eigenvalue weighted by molar-refractivity contribution is -0.154. The maximum Gasteiger partial charge on any atom is 0.227 e. The zero-order valence-corrected chi connectivity index (χ0v) is 11.3. The van der Waals surface area contributed by atoms with Crippen LogP contribution in [0.1, 0.15) is 48.0 Å². The molecule has 3 heteroatoms. The Morgan fingerprint density at radius 3 is 1.94 bits per heavy atom. The molecule has 16 heavy (non-hydrogen) atoms. The second-order valence-corrected chi connectivity index (χ2v) is 6.76.